The first-order valence-corrected chi connectivity index (χ1v) is 6.55. The van der Waals surface area contributed by atoms with Crippen LogP contribution in [0.15, 0.2) is 53.7 Å². The molecule has 100 valence electrons. The molecule has 0 aliphatic carbocycles. The number of hydrogen-bond donors (Lipinski definition) is 0. The molecule has 0 heterocycles. The van der Waals surface area contributed by atoms with Gasteiger partial charge in [0.2, 0.25) is 0 Å². The molecule has 0 saturated heterocycles. The Morgan fingerprint density at radius 1 is 1.05 bits per heavy atom. The first-order chi connectivity index (χ1) is 9.81. The van der Waals surface area contributed by atoms with Crippen LogP contribution in [-0.2, 0) is 17.9 Å². The van der Waals surface area contributed by atoms with Crippen molar-refractivity contribution in [1.82, 2.24) is 0 Å². The number of rotatable bonds is 5. The van der Waals surface area contributed by atoms with Crippen molar-refractivity contribution in [2.45, 2.75) is 20.0 Å². The van der Waals surface area contributed by atoms with E-state index in [4.69, 9.17) is 10.1 Å². The molecule has 0 aromatic heterocycles. The van der Waals surface area contributed by atoms with Crippen molar-refractivity contribution >= 4 is 6.21 Å². The molecule has 2 aromatic rings. The minimum absolute atomic E-state index is 0.398. The number of hydrogen-bond acceptors (Lipinski definition) is 3. The van der Waals surface area contributed by atoms with E-state index in [0.717, 1.165) is 17.5 Å². The quantitative estimate of drug-likeness (QED) is 0.611. The lowest BCUT2D eigenvalue weighted by Crippen LogP contribution is -1.89. The van der Waals surface area contributed by atoms with Crippen molar-refractivity contribution < 1.29 is 4.84 Å². The van der Waals surface area contributed by atoms with E-state index in [1.807, 2.05) is 24.3 Å². The fourth-order valence-corrected chi connectivity index (χ4v) is 1.72. The van der Waals surface area contributed by atoms with Crippen molar-refractivity contribution in [1.29, 1.82) is 5.26 Å². The molecule has 0 spiro atoms. The largest absolute Gasteiger partial charge is 0.391 e. The molecular formula is C17H16N2O. The van der Waals surface area contributed by atoms with E-state index in [0.29, 0.717) is 12.2 Å². The van der Waals surface area contributed by atoms with Gasteiger partial charge in [0.1, 0.15) is 6.61 Å². The van der Waals surface area contributed by atoms with E-state index < -0.39 is 0 Å². The van der Waals surface area contributed by atoms with Gasteiger partial charge < -0.3 is 4.84 Å². The molecule has 0 aliphatic rings. The SMILES string of the molecule is CCc1ccc(C=NOCc2ccc(C#N)cc2)cc1. The maximum absolute atomic E-state index is 8.70. The molecule has 3 heteroatoms. The van der Waals surface area contributed by atoms with Crippen molar-refractivity contribution in [3.63, 3.8) is 0 Å². The molecule has 0 aliphatic heterocycles. The Morgan fingerprint density at radius 2 is 1.70 bits per heavy atom. The van der Waals surface area contributed by atoms with Crippen LogP contribution in [0.5, 0.6) is 0 Å². The third-order valence-electron chi connectivity index (χ3n) is 2.98. The summed E-state index contributed by atoms with van der Waals surface area (Å²) >= 11 is 0. The highest BCUT2D eigenvalue weighted by Crippen LogP contribution is 2.06. The Hall–Kier alpha value is -2.60. The number of oxime groups is 1. The molecule has 2 aromatic carbocycles. The summed E-state index contributed by atoms with van der Waals surface area (Å²) < 4.78 is 0. The van der Waals surface area contributed by atoms with Gasteiger partial charge in [0.25, 0.3) is 0 Å². The van der Waals surface area contributed by atoms with Gasteiger partial charge in [-0.1, -0.05) is 48.5 Å². The lowest BCUT2D eigenvalue weighted by Gasteiger charge is -2.00. The summed E-state index contributed by atoms with van der Waals surface area (Å²) in [7, 11) is 0. The summed E-state index contributed by atoms with van der Waals surface area (Å²) in [5.74, 6) is 0. The van der Waals surface area contributed by atoms with Gasteiger partial charge in [-0.15, -0.1) is 0 Å². The Balaban J connectivity index is 1.85. The zero-order chi connectivity index (χ0) is 14.2. The lowest BCUT2D eigenvalue weighted by molar-refractivity contribution is 0.132. The second kappa shape index (κ2) is 7.10. The molecule has 0 amide bonds. The van der Waals surface area contributed by atoms with Gasteiger partial charge >= 0.3 is 0 Å². The van der Waals surface area contributed by atoms with E-state index in [2.05, 4.69) is 30.3 Å². The van der Waals surface area contributed by atoms with Crippen LogP contribution in [0.3, 0.4) is 0 Å². The first kappa shape index (κ1) is 13.8. The Labute approximate surface area is 119 Å². The van der Waals surface area contributed by atoms with Crippen LogP contribution in [0, 0.1) is 11.3 Å². The average Bonchev–Trinajstić information content (AvgIpc) is 2.53. The standard InChI is InChI=1S/C17H16N2O/c1-2-14-3-7-16(8-4-14)12-19-20-13-17-9-5-15(11-18)6-10-17/h3-10,12H,2,13H2,1H3. The van der Waals surface area contributed by atoms with Gasteiger partial charge in [0.05, 0.1) is 17.8 Å². The molecule has 0 atom stereocenters. The third kappa shape index (κ3) is 3.96. The molecule has 3 nitrogen and oxygen atoms in total. The zero-order valence-electron chi connectivity index (χ0n) is 11.4. The maximum atomic E-state index is 8.70. The smallest absolute Gasteiger partial charge is 0.142 e. The summed E-state index contributed by atoms with van der Waals surface area (Å²) in [5.41, 5.74) is 3.96. The summed E-state index contributed by atoms with van der Waals surface area (Å²) in [6, 6.07) is 17.6. The van der Waals surface area contributed by atoms with Gasteiger partial charge in [-0.25, -0.2) is 0 Å². The Bertz CT molecular complexity index is 607. The van der Waals surface area contributed by atoms with E-state index in [1.165, 1.54) is 5.56 Å². The van der Waals surface area contributed by atoms with Crippen LogP contribution in [0.4, 0.5) is 0 Å². The van der Waals surface area contributed by atoms with Gasteiger partial charge in [0.15, 0.2) is 0 Å². The van der Waals surface area contributed by atoms with Crippen LogP contribution in [0.25, 0.3) is 0 Å². The summed E-state index contributed by atoms with van der Waals surface area (Å²) in [4.78, 5) is 5.24. The molecule has 0 N–H and O–H groups in total. The molecule has 0 bridgehead atoms. The van der Waals surface area contributed by atoms with E-state index in [1.54, 1.807) is 18.3 Å². The molecule has 0 unspecified atom stereocenters. The Kier molecular flexibility index (Phi) is 4.91. The second-order valence-corrected chi connectivity index (χ2v) is 4.41. The topological polar surface area (TPSA) is 45.4 Å². The first-order valence-electron chi connectivity index (χ1n) is 6.55. The van der Waals surface area contributed by atoms with Gasteiger partial charge in [-0.3, -0.25) is 0 Å². The Morgan fingerprint density at radius 3 is 2.30 bits per heavy atom. The van der Waals surface area contributed by atoms with Crippen LogP contribution in [0.2, 0.25) is 0 Å². The number of benzene rings is 2. The summed E-state index contributed by atoms with van der Waals surface area (Å²) in [5, 5.41) is 12.6. The van der Waals surface area contributed by atoms with Crippen molar-refractivity contribution in [2.75, 3.05) is 0 Å². The molecule has 20 heavy (non-hydrogen) atoms. The van der Waals surface area contributed by atoms with E-state index >= 15 is 0 Å². The number of aryl methyl sites for hydroxylation is 1. The van der Waals surface area contributed by atoms with E-state index in [9.17, 15) is 0 Å². The predicted molar refractivity (Wildman–Crippen MR) is 79.4 cm³/mol. The fraction of sp³-hybridized carbons (Fsp3) is 0.176. The van der Waals surface area contributed by atoms with Gasteiger partial charge in [0, 0.05) is 0 Å². The molecule has 0 saturated carbocycles. The monoisotopic (exact) mass is 264 g/mol. The molecule has 0 fully saturated rings. The number of nitrogens with zero attached hydrogens (tertiary/aromatic N) is 2. The molecule has 0 radical (unpaired) electrons. The van der Waals surface area contributed by atoms with Gasteiger partial charge in [-0.2, -0.15) is 5.26 Å². The average molecular weight is 264 g/mol. The third-order valence-corrected chi connectivity index (χ3v) is 2.98. The van der Waals surface area contributed by atoms with Crippen LogP contribution in [-0.4, -0.2) is 6.21 Å². The van der Waals surface area contributed by atoms with Crippen LogP contribution < -0.4 is 0 Å². The maximum Gasteiger partial charge on any atom is 0.142 e. The highest BCUT2D eigenvalue weighted by Gasteiger charge is 1.94. The van der Waals surface area contributed by atoms with Crippen LogP contribution in [0.1, 0.15) is 29.2 Å². The minimum Gasteiger partial charge on any atom is -0.391 e. The van der Waals surface area contributed by atoms with Crippen molar-refractivity contribution in [2.24, 2.45) is 5.16 Å². The van der Waals surface area contributed by atoms with Crippen molar-refractivity contribution in [3.8, 4) is 6.07 Å². The highest BCUT2D eigenvalue weighted by molar-refractivity contribution is 5.79. The zero-order valence-corrected chi connectivity index (χ0v) is 11.4. The molecular weight excluding hydrogens is 248 g/mol. The summed E-state index contributed by atoms with van der Waals surface area (Å²) in [6.07, 6.45) is 2.73. The minimum atomic E-state index is 0.398. The summed E-state index contributed by atoms with van der Waals surface area (Å²) in [6.45, 7) is 2.53. The van der Waals surface area contributed by atoms with Crippen molar-refractivity contribution in [3.05, 3.63) is 70.8 Å². The second-order valence-electron chi connectivity index (χ2n) is 4.41. The van der Waals surface area contributed by atoms with Crippen LogP contribution >= 0.6 is 0 Å². The van der Waals surface area contributed by atoms with E-state index in [-0.39, 0.29) is 0 Å². The lowest BCUT2D eigenvalue weighted by atomic mass is 10.1. The normalized spacial score (nSPS) is 10.4. The fourth-order valence-electron chi connectivity index (χ4n) is 1.72. The predicted octanol–water partition coefficient (Wildman–Crippen LogP) is 3.67. The van der Waals surface area contributed by atoms with Gasteiger partial charge in [-0.05, 0) is 35.2 Å². The highest BCUT2D eigenvalue weighted by atomic mass is 16.6. The molecule has 2 rings (SSSR count). The number of nitriles is 1.